The van der Waals surface area contributed by atoms with Crippen molar-refractivity contribution in [1.82, 2.24) is 4.90 Å². The van der Waals surface area contributed by atoms with Crippen LogP contribution in [0.3, 0.4) is 0 Å². The minimum absolute atomic E-state index is 0.0174. The van der Waals surface area contributed by atoms with Gasteiger partial charge in [-0.25, -0.2) is 8.78 Å². The van der Waals surface area contributed by atoms with Crippen molar-refractivity contribution < 1.29 is 28.6 Å². The lowest BCUT2D eigenvalue weighted by atomic mass is 9.43. The van der Waals surface area contributed by atoms with Crippen LogP contribution >= 0.6 is 0 Å². The second-order valence-electron chi connectivity index (χ2n) is 12.6. The number of alkyl halides is 2. The number of rotatable bonds is 7. The second kappa shape index (κ2) is 9.37. The molecule has 206 valence electrons. The van der Waals surface area contributed by atoms with Crippen LogP contribution in [0.1, 0.15) is 51.5 Å². The van der Waals surface area contributed by atoms with Crippen molar-refractivity contribution in [2.75, 3.05) is 20.1 Å². The summed E-state index contributed by atoms with van der Waals surface area (Å²) in [6, 6.07) is 10.1. The predicted molar refractivity (Wildman–Crippen MR) is 141 cm³/mol. The van der Waals surface area contributed by atoms with Gasteiger partial charge in [-0.15, -0.1) is 0 Å². The highest BCUT2D eigenvalue weighted by molar-refractivity contribution is 6.01. The van der Waals surface area contributed by atoms with E-state index in [4.69, 9.17) is 0 Å². The van der Waals surface area contributed by atoms with Crippen LogP contribution in [0.25, 0.3) is 0 Å². The highest BCUT2D eigenvalue weighted by atomic mass is 19.1. The molecule has 8 atom stereocenters. The van der Waals surface area contributed by atoms with Gasteiger partial charge < -0.3 is 15.1 Å². The van der Waals surface area contributed by atoms with Gasteiger partial charge in [-0.1, -0.05) is 43.3 Å². The van der Waals surface area contributed by atoms with Gasteiger partial charge in [0.1, 0.15) is 6.17 Å². The molecule has 0 aliphatic heterocycles. The third kappa shape index (κ3) is 3.75. The molecular formula is C31H39F2NO4. The number of hydrogen-bond acceptors (Lipinski definition) is 4. The summed E-state index contributed by atoms with van der Waals surface area (Å²) in [5, 5.41) is 22.1. The highest BCUT2D eigenvalue weighted by Gasteiger charge is 2.75. The minimum atomic E-state index is -2.18. The maximum absolute atomic E-state index is 17.3. The standard InChI is InChI=1S/C31H39F2NO4/c1-28-13-11-21(35)16-24(28)25(32)17-23-22-12-14-30(27(37)38,29(22,2)18-26(36)31(23,28)33)19-34(3)15-7-10-20-8-5-4-6-9-20/h4-6,8-9,11,13,16,22-23,25-26,36H,7,10,12,14-15,17-19H2,1-3H3,(H,37,38)/t22?,23-,25-,26-,28-,29-,30-,31-/m0/s1. The van der Waals surface area contributed by atoms with Crippen LogP contribution < -0.4 is 0 Å². The number of aliphatic hydroxyl groups is 1. The van der Waals surface area contributed by atoms with Gasteiger partial charge >= 0.3 is 5.97 Å². The lowest BCUT2D eigenvalue weighted by molar-refractivity contribution is -0.216. The molecule has 2 N–H and O–H groups in total. The first-order valence-electron chi connectivity index (χ1n) is 13.8. The Bertz CT molecular complexity index is 1170. The van der Waals surface area contributed by atoms with Crippen molar-refractivity contribution in [1.29, 1.82) is 0 Å². The fourth-order valence-electron chi connectivity index (χ4n) is 8.74. The number of aryl methyl sites for hydroxylation is 1. The summed E-state index contributed by atoms with van der Waals surface area (Å²) >= 11 is 0. The molecule has 5 rings (SSSR count). The van der Waals surface area contributed by atoms with Gasteiger partial charge in [0, 0.05) is 17.9 Å². The Labute approximate surface area is 223 Å². The van der Waals surface area contributed by atoms with E-state index in [9.17, 15) is 19.8 Å². The molecule has 38 heavy (non-hydrogen) atoms. The van der Waals surface area contributed by atoms with Gasteiger partial charge in [-0.2, -0.15) is 0 Å². The number of benzene rings is 1. The molecule has 4 aliphatic carbocycles. The van der Waals surface area contributed by atoms with Crippen molar-refractivity contribution in [2.24, 2.45) is 28.1 Å². The number of carboxylic acids is 1. The molecule has 3 saturated carbocycles. The van der Waals surface area contributed by atoms with E-state index in [1.165, 1.54) is 23.8 Å². The molecule has 3 fully saturated rings. The van der Waals surface area contributed by atoms with Gasteiger partial charge in [0.15, 0.2) is 11.5 Å². The number of carbonyl (C=O) groups is 2. The van der Waals surface area contributed by atoms with E-state index in [2.05, 4.69) is 12.1 Å². The molecule has 0 radical (unpaired) electrons. The summed E-state index contributed by atoms with van der Waals surface area (Å²) in [4.78, 5) is 27.1. The largest absolute Gasteiger partial charge is 0.481 e. The van der Waals surface area contributed by atoms with Gasteiger partial charge in [0.25, 0.3) is 0 Å². The molecule has 5 nitrogen and oxygen atoms in total. The normalized spacial score (nSPS) is 41.9. The van der Waals surface area contributed by atoms with Crippen LogP contribution in [0.5, 0.6) is 0 Å². The number of fused-ring (bicyclic) bond motifs is 5. The molecule has 1 unspecified atom stereocenters. The number of hydrogen-bond donors (Lipinski definition) is 2. The van der Waals surface area contributed by atoms with E-state index < -0.39 is 52.0 Å². The summed E-state index contributed by atoms with van der Waals surface area (Å²) in [5.74, 6) is -2.56. The Balaban J connectivity index is 1.42. The fourth-order valence-corrected chi connectivity index (χ4v) is 8.74. The molecule has 1 aromatic rings. The molecule has 7 heteroatoms. The molecule has 0 aromatic heterocycles. The molecule has 0 saturated heterocycles. The van der Waals surface area contributed by atoms with Gasteiger partial charge in [0.2, 0.25) is 0 Å². The van der Waals surface area contributed by atoms with Gasteiger partial charge in [0.05, 0.1) is 11.5 Å². The third-order valence-corrected chi connectivity index (χ3v) is 10.8. The van der Waals surface area contributed by atoms with Crippen LogP contribution in [-0.2, 0) is 16.0 Å². The van der Waals surface area contributed by atoms with E-state index in [0.717, 1.165) is 12.8 Å². The Morgan fingerprint density at radius 1 is 1.18 bits per heavy atom. The second-order valence-corrected chi connectivity index (χ2v) is 12.6. The highest BCUT2D eigenvalue weighted by Crippen LogP contribution is 2.72. The molecule has 0 bridgehead atoms. The Hall–Kier alpha value is -2.38. The predicted octanol–water partition coefficient (Wildman–Crippen LogP) is 4.94. The SMILES string of the molecule is CN(CCCc1ccccc1)C[C@]1(C(=O)O)CCC2[C@@H]3C[C@H](F)C4=CC(=O)C=C[C@]4(C)[C@@]3(F)[C@@H](O)C[C@@]21C. The van der Waals surface area contributed by atoms with E-state index in [1.54, 1.807) is 6.92 Å². The first kappa shape index (κ1) is 27.2. The number of halogens is 2. The quantitative estimate of drug-likeness (QED) is 0.525. The zero-order chi connectivity index (χ0) is 27.5. The number of aliphatic hydroxyl groups excluding tert-OH is 1. The summed E-state index contributed by atoms with van der Waals surface area (Å²) in [6.07, 6.45) is 3.29. The molecule has 0 heterocycles. The smallest absolute Gasteiger partial charge is 0.311 e. The monoisotopic (exact) mass is 527 g/mol. The van der Waals surface area contributed by atoms with Crippen LogP contribution in [0, 0.1) is 28.1 Å². The van der Waals surface area contributed by atoms with Crippen LogP contribution in [-0.4, -0.2) is 64.9 Å². The summed E-state index contributed by atoms with van der Waals surface area (Å²) in [6.45, 7) is 4.45. The van der Waals surface area contributed by atoms with Crippen LogP contribution in [0.4, 0.5) is 8.78 Å². The molecule has 0 spiro atoms. The molecule has 0 amide bonds. The first-order chi connectivity index (χ1) is 17.9. The molecule has 4 aliphatic rings. The van der Waals surface area contributed by atoms with Crippen LogP contribution in [0.2, 0.25) is 0 Å². The molecular weight excluding hydrogens is 488 g/mol. The van der Waals surface area contributed by atoms with E-state index in [0.29, 0.717) is 25.9 Å². The third-order valence-electron chi connectivity index (χ3n) is 10.8. The van der Waals surface area contributed by atoms with E-state index >= 15 is 8.78 Å². The number of allylic oxidation sites excluding steroid dienone is 4. The van der Waals surface area contributed by atoms with E-state index in [-0.39, 0.29) is 24.2 Å². The molecule has 1 aromatic carbocycles. The lowest BCUT2D eigenvalue weighted by Gasteiger charge is -2.63. The van der Waals surface area contributed by atoms with Crippen molar-refractivity contribution in [3.63, 3.8) is 0 Å². The maximum atomic E-state index is 17.3. The lowest BCUT2D eigenvalue weighted by Crippen LogP contribution is -2.69. The Morgan fingerprint density at radius 2 is 1.89 bits per heavy atom. The Kier molecular flexibility index (Phi) is 6.71. The number of carboxylic acid groups (broad SMARTS) is 1. The van der Waals surface area contributed by atoms with Crippen molar-refractivity contribution in [3.05, 3.63) is 59.7 Å². The minimum Gasteiger partial charge on any atom is -0.481 e. The van der Waals surface area contributed by atoms with Crippen molar-refractivity contribution >= 4 is 11.8 Å². The van der Waals surface area contributed by atoms with Crippen molar-refractivity contribution in [3.8, 4) is 0 Å². The number of aliphatic carboxylic acids is 1. The average Bonchev–Trinajstić information content (AvgIpc) is 3.15. The first-order valence-corrected chi connectivity index (χ1v) is 13.8. The summed E-state index contributed by atoms with van der Waals surface area (Å²) in [5.41, 5.74) is -4.40. The van der Waals surface area contributed by atoms with Gasteiger partial charge in [-0.3, -0.25) is 9.59 Å². The maximum Gasteiger partial charge on any atom is 0.311 e. The van der Waals surface area contributed by atoms with Crippen LogP contribution in [0.15, 0.2) is 54.1 Å². The topological polar surface area (TPSA) is 77.8 Å². The summed E-state index contributed by atoms with van der Waals surface area (Å²) < 4.78 is 32.9. The van der Waals surface area contributed by atoms with Gasteiger partial charge in [-0.05, 0) is 93.7 Å². The number of carbonyl (C=O) groups excluding carboxylic acids is 1. The zero-order valence-electron chi connectivity index (χ0n) is 22.5. The summed E-state index contributed by atoms with van der Waals surface area (Å²) in [7, 11) is 1.92. The number of nitrogens with zero attached hydrogens (tertiary/aromatic N) is 1. The van der Waals surface area contributed by atoms with Crippen molar-refractivity contribution in [2.45, 2.75) is 70.3 Å². The van der Waals surface area contributed by atoms with E-state index in [1.807, 2.05) is 37.1 Å². The Morgan fingerprint density at radius 3 is 2.58 bits per heavy atom. The number of ketones is 1. The fraction of sp³-hybridized carbons (Fsp3) is 0.613. The zero-order valence-corrected chi connectivity index (χ0v) is 22.5. The average molecular weight is 528 g/mol.